The molecule has 0 bridgehead atoms. The lowest BCUT2D eigenvalue weighted by Crippen LogP contribution is -2.49. The summed E-state index contributed by atoms with van der Waals surface area (Å²) >= 11 is 7.79. The standard InChI is InChI=1S/C28H30ClFN4O4S/c1-4-23(35)32-7-9-33(10-8-32)27-20-13-17(2)24(18-5-6-22(30)21(29)14-18)26-25(20)34(28(36)31-27)15-19(16-39-26)38-12-11-37-3/h4-6,13-14,19H,1,7-12,15-16H2,2-3H3/t19-/m0/s1. The fourth-order valence-corrected chi connectivity index (χ4v) is 6.70. The van der Waals surface area contributed by atoms with Gasteiger partial charge < -0.3 is 19.3 Å². The van der Waals surface area contributed by atoms with Crippen LogP contribution >= 0.6 is 23.4 Å². The third-order valence-corrected chi connectivity index (χ3v) is 8.62. The summed E-state index contributed by atoms with van der Waals surface area (Å²) in [5.41, 5.74) is 3.05. The highest BCUT2D eigenvalue weighted by molar-refractivity contribution is 7.99. The summed E-state index contributed by atoms with van der Waals surface area (Å²) in [6.07, 6.45) is 1.09. The number of aromatic nitrogens is 2. The van der Waals surface area contributed by atoms with Crippen molar-refractivity contribution in [2.75, 3.05) is 57.2 Å². The molecule has 1 aromatic heterocycles. The van der Waals surface area contributed by atoms with Crippen LogP contribution in [0.3, 0.4) is 0 Å². The molecule has 1 amide bonds. The fraction of sp³-hybridized carbons (Fsp3) is 0.393. The Balaban J connectivity index is 1.66. The van der Waals surface area contributed by atoms with Gasteiger partial charge in [-0.05, 0) is 42.3 Å². The van der Waals surface area contributed by atoms with Crippen molar-refractivity contribution in [3.63, 3.8) is 0 Å². The maximum atomic E-state index is 14.0. The molecule has 0 saturated carbocycles. The molecule has 3 aromatic rings. The predicted molar refractivity (Wildman–Crippen MR) is 152 cm³/mol. The quantitative estimate of drug-likeness (QED) is 0.311. The minimum absolute atomic E-state index is 0.0401. The SMILES string of the molecule is C=CC(=O)N1CCN(c2nc(=O)n3c4c(c(-c5ccc(F)c(Cl)c5)c(C)cc24)SC[C@@H](OCCOC)C3)CC1. The fourth-order valence-electron chi connectivity index (χ4n) is 5.18. The van der Waals surface area contributed by atoms with Crippen molar-refractivity contribution < 1.29 is 18.7 Å². The normalized spacial score (nSPS) is 17.4. The van der Waals surface area contributed by atoms with E-state index in [4.69, 9.17) is 21.1 Å². The van der Waals surface area contributed by atoms with E-state index in [1.807, 2.05) is 13.0 Å². The number of piperazine rings is 1. The van der Waals surface area contributed by atoms with Crippen LogP contribution < -0.4 is 10.6 Å². The first kappa shape index (κ1) is 27.6. The van der Waals surface area contributed by atoms with Crippen molar-refractivity contribution in [2.45, 2.75) is 24.5 Å². The molecule has 0 N–H and O–H groups in total. The highest BCUT2D eigenvalue weighted by atomic mass is 35.5. The van der Waals surface area contributed by atoms with Gasteiger partial charge in [0, 0.05) is 54.9 Å². The second-order valence-corrected chi connectivity index (χ2v) is 11.0. The van der Waals surface area contributed by atoms with Crippen molar-refractivity contribution in [2.24, 2.45) is 0 Å². The number of halogens is 2. The number of rotatable bonds is 7. The molecular formula is C28H30ClFN4O4S. The smallest absolute Gasteiger partial charge is 0.350 e. The molecule has 1 atom stereocenters. The van der Waals surface area contributed by atoms with Gasteiger partial charge in [0.2, 0.25) is 5.91 Å². The lowest BCUT2D eigenvalue weighted by Gasteiger charge is -2.35. The number of thioether (sulfide) groups is 1. The molecule has 0 radical (unpaired) electrons. The van der Waals surface area contributed by atoms with E-state index < -0.39 is 5.82 Å². The van der Waals surface area contributed by atoms with E-state index >= 15 is 0 Å². The third kappa shape index (κ3) is 5.43. The maximum Gasteiger partial charge on any atom is 0.350 e. The molecule has 39 heavy (non-hydrogen) atoms. The summed E-state index contributed by atoms with van der Waals surface area (Å²) in [7, 11) is 1.62. The number of anilines is 1. The van der Waals surface area contributed by atoms with Gasteiger partial charge in [-0.3, -0.25) is 9.36 Å². The Hall–Kier alpha value is -2.92. The molecule has 11 heteroatoms. The van der Waals surface area contributed by atoms with E-state index in [1.54, 1.807) is 40.5 Å². The summed E-state index contributed by atoms with van der Waals surface area (Å²) in [5, 5.41) is 0.894. The molecule has 8 nitrogen and oxygen atoms in total. The number of benzene rings is 2. The number of hydrogen-bond donors (Lipinski definition) is 0. The summed E-state index contributed by atoms with van der Waals surface area (Å²) < 4.78 is 26.9. The number of aryl methyl sites for hydroxylation is 1. The molecular weight excluding hydrogens is 543 g/mol. The largest absolute Gasteiger partial charge is 0.382 e. The lowest BCUT2D eigenvalue weighted by atomic mass is 9.97. The number of methoxy groups -OCH3 is 1. The number of nitrogens with zero attached hydrogens (tertiary/aromatic N) is 4. The van der Waals surface area contributed by atoms with E-state index in [2.05, 4.69) is 16.5 Å². The second kappa shape index (κ2) is 11.7. The number of ether oxygens (including phenoxy) is 2. The highest BCUT2D eigenvalue weighted by Crippen LogP contribution is 2.44. The summed E-state index contributed by atoms with van der Waals surface area (Å²) in [5.74, 6) is 0.624. The molecule has 5 rings (SSSR count). The van der Waals surface area contributed by atoms with Crippen LogP contribution in [0.1, 0.15) is 5.56 Å². The first-order chi connectivity index (χ1) is 18.8. The van der Waals surface area contributed by atoms with E-state index in [0.717, 1.165) is 32.5 Å². The second-order valence-electron chi connectivity index (χ2n) is 9.56. The summed E-state index contributed by atoms with van der Waals surface area (Å²) in [4.78, 5) is 34.9. The molecule has 0 aliphatic carbocycles. The van der Waals surface area contributed by atoms with Crippen molar-refractivity contribution >= 4 is 46.0 Å². The Labute approximate surface area is 235 Å². The number of carbonyl (C=O) groups excluding carboxylic acids is 1. The Kier molecular flexibility index (Phi) is 8.27. The highest BCUT2D eigenvalue weighted by Gasteiger charge is 2.29. The minimum Gasteiger partial charge on any atom is -0.382 e. The number of carbonyl (C=O) groups is 1. The molecule has 0 spiro atoms. The van der Waals surface area contributed by atoms with Gasteiger partial charge in [-0.2, -0.15) is 4.98 Å². The topological polar surface area (TPSA) is 76.9 Å². The molecule has 3 heterocycles. The molecule has 2 aromatic carbocycles. The minimum atomic E-state index is -0.485. The Morgan fingerprint density at radius 1 is 1.26 bits per heavy atom. The van der Waals surface area contributed by atoms with Crippen LogP contribution in [0, 0.1) is 12.7 Å². The molecule has 1 fully saturated rings. The first-order valence-electron chi connectivity index (χ1n) is 12.8. The van der Waals surface area contributed by atoms with Crippen molar-refractivity contribution in [3.8, 4) is 11.1 Å². The van der Waals surface area contributed by atoms with E-state index in [9.17, 15) is 14.0 Å². The zero-order valence-electron chi connectivity index (χ0n) is 21.9. The first-order valence-corrected chi connectivity index (χ1v) is 14.1. The van der Waals surface area contributed by atoms with Gasteiger partial charge in [-0.1, -0.05) is 24.2 Å². The van der Waals surface area contributed by atoms with Crippen molar-refractivity contribution in [1.82, 2.24) is 14.5 Å². The van der Waals surface area contributed by atoms with Crippen molar-refractivity contribution in [3.05, 3.63) is 63.8 Å². The van der Waals surface area contributed by atoms with Crippen LogP contribution in [0.15, 0.2) is 46.6 Å². The zero-order valence-corrected chi connectivity index (χ0v) is 23.5. The van der Waals surface area contributed by atoms with E-state index in [1.165, 1.54) is 12.1 Å². The molecule has 1 saturated heterocycles. The monoisotopic (exact) mass is 572 g/mol. The lowest BCUT2D eigenvalue weighted by molar-refractivity contribution is -0.126. The molecule has 2 aliphatic rings. The van der Waals surface area contributed by atoms with Gasteiger partial charge in [-0.15, -0.1) is 11.8 Å². The van der Waals surface area contributed by atoms with Crippen LogP contribution in [-0.4, -0.2) is 78.7 Å². The Morgan fingerprint density at radius 3 is 2.72 bits per heavy atom. The van der Waals surface area contributed by atoms with Crippen LogP contribution in [-0.2, 0) is 20.8 Å². The van der Waals surface area contributed by atoms with Gasteiger partial charge in [0.25, 0.3) is 0 Å². The Bertz CT molecular complexity index is 1490. The van der Waals surface area contributed by atoms with Crippen molar-refractivity contribution in [1.29, 1.82) is 0 Å². The Morgan fingerprint density at radius 2 is 2.03 bits per heavy atom. The number of hydrogen-bond acceptors (Lipinski definition) is 7. The number of amides is 1. The third-order valence-electron chi connectivity index (χ3n) is 7.11. The van der Waals surface area contributed by atoms with Gasteiger partial charge in [0.15, 0.2) is 0 Å². The summed E-state index contributed by atoms with van der Waals surface area (Å²) in [6.45, 7) is 8.91. The van der Waals surface area contributed by atoms with Gasteiger partial charge >= 0.3 is 5.69 Å². The van der Waals surface area contributed by atoms with E-state index in [0.29, 0.717) is 57.5 Å². The molecule has 206 valence electrons. The van der Waals surface area contributed by atoms with Crippen LogP contribution in [0.2, 0.25) is 5.02 Å². The predicted octanol–water partition coefficient (Wildman–Crippen LogP) is 4.14. The van der Waals surface area contributed by atoms with Crippen LogP contribution in [0.5, 0.6) is 0 Å². The zero-order chi connectivity index (χ0) is 27.7. The van der Waals surface area contributed by atoms with Gasteiger partial charge in [0.05, 0.1) is 36.4 Å². The molecule has 2 aliphatic heterocycles. The van der Waals surface area contributed by atoms with Gasteiger partial charge in [-0.25, -0.2) is 9.18 Å². The van der Waals surface area contributed by atoms with Crippen LogP contribution in [0.4, 0.5) is 10.2 Å². The summed E-state index contributed by atoms with van der Waals surface area (Å²) in [6, 6.07) is 6.74. The average molecular weight is 573 g/mol. The van der Waals surface area contributed by atoms with Crippen LogP contribution in [0.25, 0.3) is 22.0 Å². The van der Waals surface area contributed by atoms with Gasteiger partial charge in [0.1, 0.15) is 11.6 Å². The molecule has 0 unspecified atom stereocenters. The van der Waals surface area contributed by atoms with E-state index in [-0.39, 0.29) is 22.7 Å². The maximum absolute atomic E-state index is 14.0. The average Bonchev–Trinajstić information content (AvgIpc) is 3.13.